The highest BCUT2D eigenvalue weighted by Gasteiger charge is 2.17. The third kappa shape index (κ3) is 3.76. The van der Waals surface area contributed by atoms with Crippen LogP contribution in [0.2, 0.25) is 0 Å². The van der Waals surface area contributed by atoms with Crippen molar-refractivity contribution in [2.24, 2.45) is 0 Å². The summed E-state index contributed by atoms with van der Waals surface area (Å²) >= 11 is 0. The lowest BCUT2D eigenvalue weighted by atomic mass is 9.85. The number of rotatable bonds is 4. The molecule has 0 aliphatic heterocycles. The van der Waals surface area contributed by atoms with E-state index < -0.39 is 13.2 Å². The molecule has 0 unspecified atom stereocenters. The number of benzene rings is 7. The van der Waals surface area contributed by atoms with Gasteiger partial charge >= 0.3 is 0 Å². The summed E-state index contributed by atoms with van der Waals surface area (Å²) in [6.45, 7) is -2.89. The van der Waals surface area contributed by atoms with Crippen molar-refractivity contribution in [1.29, 1.82) is 0 Å². The Morgan fingerprint density at radius 1 is 0.585 bits per heavy atom. The lowest BCUT2D eigenvalue weighted by molar-refractivity contribution is 0.908. The van der Waals surface area contributed by atoms with Crippen LogP contribution in [-0.2, 0) is 6.37 Å². The Morgan fingerprint density at radius 2 is 1.15 bits per heavy atom. The van der Waals surface area contributed by atoms with E-state index in [0.29, 0.717) is 16.7 Å². The lowest BCUT2D eigenvalue weighted by Crippen LogP contribution is -2.00. The van der Waals surface area contributed by atoms with E-state index in [1.54, 1.807) is 10.6 Å². The molecule has 0 atom stereocenters. The Kier molecular flexibility index (Phi) is 4.38. The van der Waals surface area contributed by atoms with Gasteiger partial charge in [-0.3, -0.25) is 4.57 Å². The van der Waals surface area contributed by atoms with E-state index in [9.17, 15) is 0 Å². The number of aryl methyl sites for hydroxylation is 1. The van der Waals surface area contributed by atoms with Gasteiger partial charge in [0.1, 0.15) is 5.82 Å². The highest BCUT2D eigenvalue weighted by Crippen LogP contribution is 2.44. The van der Waals surface area contributed by atoms with Crippen LogP contribution in [0.1, 0.15) is 19.5 Å². The number of para-hydroxylation sites is 2. The van der Waals surface area contributed by atoms with E-state index in [-0.39, 0.29) is 5.82 Å². The number of hydrogen-bond acceptors (Lipinski definition) is 1. The predicted molar refractivity (Wildman–Crippen MR) is 174 cm³/mol. The van der Waals surface area contributed by atoms with Crippen molar-refractivity contribution < 1.29 is 6.85 Å². The van der Waals surface area contributed by atoms with Crippen LogP contribution in [0.25, 0.3) is 71.3 Å². The maximum atomic E-state index is 8.56. The summed E-state index contributed by atoms with van der Waals surface area (Å²) in [5.74, 6) is -0.142. The number of nitrogens with zero attached hydrogens (tertiary/aromatic N) is 2. The molecule has 0 amide bonds. The summed E-state index contributed by atoms with van der Waals surface area (Å²) in [6, 6.07) is 47.3. The summed E-state index contributed by atoms with van der Waals surface area (Å²) in [5, 5.41) is 6.97. The zero-order valence-corrected chi connectivity index (χ0v) is 22.2. The van der Waals surface area contributed by atoms with Crippen molar-refractivity contribution in [2.75, 3.05) is 0 Å². The minimum atomic E-state index is -2.89. The van der Waals surface area contributed by atoms with Crippen LogP contribution in [-0.4, -0.2) is 9.55 Å². The first-order valence-electron chi connectivity index (χ1n) is 16.2. The Bertz CT molecular complexity index is 2380. The van der Waals surface area contributed by atoms with Crippen molar-refractivity contribution >= 4 is 43.4 Å². The van der Waals surface area contributed by atoms with Gasteiger partial charge in [-0.25, -0.2) is 4.98 Å². The molecule has 8 aromatic rings. The molecule has 0 fully saturated rings. The van der Waals surface area contributed by atoms with Gasteiger partial charge in [0.05, 0.1) is 11.0 Å². The molecular weight excluding hydrogens is 496 g/mol. The van der Waals surface area contributed by atoms with Gasteiger partial charge in [0, 0.05) is 18.9 Å². The number of aromatic nitrogens is 2. The third-order valence-corrected chi connectivity index (χ3v) is 8.06. The first-order chi connectivity index (χ1) is 22.2. The average Bonchev–Trinajstić information content (AvgIpc) is 3.47. The van der Waals surface area contributed by atoms with Crippen LogP contribution in [0.4, 0.5) is 0 Å². The third-order valence-electron chi connectivity index (χ3n) is 8.06. The Labute approximate surface area is 246 Å². The van der Waals surface area contributed by atoms with Crippen LogP contribution >= 0.6 is 0 Å². The topological polar surface area (TPSA) is 17.8 Å². The molecule has 0 saturated heterocycles. The summed E-state index contributed by atoms with van der Waals surface area (Å²) in [7, 11) is 0. The normalized spacial score (nSPS) is 14.1. The molecule has 1 aromatic heterocycles. The zero-order chi connectivity index (χ0) is 31.6. The highest BCUT2D eigenvalue weighted by atomic mass is 15.1. The number of fused-ring (bicyclic) bond motifs is 4. The van der Waals surface area contributed by atoms with Gasteiger partial charge in [0.2, 0.25) is 0 Å². The molecule has 41 heavy (non-hydrogen) atoms. The van der Waals surface area contributed by atoms with Crippen LogP contribution in [0.3, 0.4) is 0 Å². The van der Waals surface area contributed by atoms with Gasteiger partial charge in [0.15, 0.2) is 0 Å². The fraction of sp³-hybridized carbons (Fsp3) is 0.0513. The molecule has 0 radical (unpaired) electrons. The largest absolute Gasteiger partial charge is 0.296 e. The molecule has 2 nitrogen and oxygen atoms in total. The lowest BCUT2D eigenvalue weighted by Gasteiger charge is -2.18. The summed E-state index contributed by atoms with van der Waals surface area (Å²) < 4.78 is 42.5. The number of imidazole rings is 1. The Morgan fingerprint density at radius 3 is 1.83 bits per heavy atom. The smallest absolute Gasteiger partial charge is 0.114 e. The fourth-order valence-corrected chi connectivity index (χ4v) is 6.24. The molecule has 8 rings (SSSR count). The van der Waals surface area contributed by atoms with Crippen molar-refractivity contribution in [2.45, 2.75) is 13.2 Å². The second kappa shape index (κ2) is 9.46. The van der Waals surface area contributed by atoms with E-state index in [1.165, 1.54) is 16.3 Å². The second-order valence-electron chi connectivity index (χ2n) is 10.3. The van der Waals surface area contributed by atoms with Gasteiger partial charge in [-0.1, -0.05) is 116 Å². The van der Waals surface area contributed by atoms with Crippen LogP contribution in [0, 0.1) is 0 Å². The summed E-state index contributed by atoms with van der Waals surface area (Å²) in [5.41, 5.74) is 6.29. The summed E-state index contributed by atoms with van der Waals surface area (Å²) in [6.07, 6.45) is -2.66. The minimum absolute atomic E-state index is 0.142. The fourth-order valence-electron chi connectivity index (χ4n) is 6.24. The van der Waals surface area contributed by atoms with E-state index >= 15 is 0 Å². The van der Waals surface area contributed by atoms with Crippen LogP contribution < -0.4 is 0 Å². The van der Waals surface area contributed by atoms with Crippen LogP contribution in [0.15, 0.2) is 140 Å². The van der Waals surface area contributed by atoms with Crippen molar-refractivity contribution in [1.82, 2.24) is 9.55 Å². The molecule has 0 bridgehead atoms. The van der Waals surface area contributed by atoms with Crippen molar-refractivity contribution in [3.05, 3.63) is 145 Å². The molecule has 0 spiro atoms. The maximum Gasteiger partial charge on any atom is 0.114 e. The van der Waals surface area contributed by atoms with E-state index in [1.807, 2.05) is 42.5 Å². The standard InChI is InChI=1S/C39H28N2/c1-2-37-40-35-17-9-10-18-36(35)41(37)30-23-21-27(22-24-30)38-31-13-5-7-15-33(31)39(34-16-8-6-14-32(34)38)29-20-19-26-11-3-4-12-28(26)25-29/h3-25H,2H2,1H3/i1D3,2D2. The molecule has 0 saturated carbocycles. The van der Waals surface area contributed by atoms with E-state index in [2.05, 4.69) is 96.0 Å². The van der Waals surface area contributed by atoms with Gasteiger partial charge in [-0.2, -0.15) is 0 Å². The summed E-state index contributed by atoms with van der Waals surface area (Å²) in [4.78, 5) is 4.47. The zero-order valence-electron chi connectivity index (χ0n) is 27.2. The molecule has 1 heterocycles. The van der Waals surface area contributed by atoms with Crippen molar-refractivity contribution in [3.8, 4) is 27.9 Å². The first-order valence-corrected chi connectivity index (χ1v) is 13.7. The van der Waals surface area contributed by atoms with Gasteiger partial charge in [0.25, 0.3) is 0 Å². The van der Waals surface area contributed by atoms with Crippen LogP contribution in [0.5, 0.6) is 0 Å². The van der Waals surface area contributed by atoms with E-state index in [0.717, 1.165) is 38.2 Å². The predicted octanol–water partition coefficient (Wildman–Crippen LogP) is 10.4. The molecular formula is C39H28N2. The first kappa shape index (κ1) is 19.0. The quantitative estimate of drug-likeness (QED) is 0.207. The number of hydrogen-bond donors (Lipinski definition) is 0. The second-order valence-corrected chi connectivity index (χ2v) is 10.3. The molecule has 0 aliphatic carbocycles. The Balaban J connectivity index is 1.34. The van der Waals surface area contributed by atoms with Crippen molar-refractivity contribution in [3.63, 3.8) is 0 Å². The highest BCUT2D eigenvalue weighted by molar-refractivity contribution is 6.21. The van der Waals surface area contributed by atoms with Gasteiger partial charge in [-0.15, -0.1) is 0 Å². The monoisotopic (exact) mass is 529 g/mol. The molecule has 0 N–H and O–H groups in total. The molecule has 0 aliphatic rings. The molecule has 2 heteroatoms. The van der Waals surface area contributed by atoms with Gasteiger partial charge in [-0.05, 0) is 84.9 Å². The molecule has 194 valence electrons. The Hall–Kier alpha value is -5.21. The minimum Gasteiger partial charge on any atom is -0.296 e. The average molecular weight is 530 g/mol. The van der Waals surface area contributed by atoms with E-state index in [4.69, 9.17) is 6.85 Å². The molecule has 7 aromatic carbocycles. The maximum absolute atomic E-state index is 8.56. The SMILES string of the molecule is [2H]C([2H])([2H])C([2H])([2H])c1nc2ccccc2n1-c1ccc(-c2c3ccccc3c(-c3ccc4ccccc4c3)c3ccccc23)cc1. The van der Waals surface area contributed by atoms with Gasteiger partial charge < -0.3 is 0 Å².